The molecule has 0 amide bonds. The summed E-state index contributed by atoms with van der Waals surface area (Å²) >= 11 is 5.81. The molecule has 0 aromatic heterocycles. The maximum Gasteiger partial charge on any atom is 0.0916 e. The van der Waals surface area contributed by atoms with Gasteiger partial charge >= 0.3 is 0 Å². The molecule has 14 heavy (non-hydrogen) atoms. The molecule has 0 aliphatic heterocycles. The van der Waals surface area contributed by atoms with Crippen molar-refractivity contribution in [3.8, 4) is 0 Å². The van der Waals surface area contributed by atoms with Gasteiger partial charge in [-0.05, 0) is 25.0 Å². The Morgan fingerprint density at radius 1 is 1.29 bits per heavy atom. The van der Waals surface area contributed by atoms with Gasteiger partial charge in [0.25, 0.3) is 0 Å². The second-order valence-corrected chi connectivity index (χ2v) is 4.41. The van der Waals surface area contributed by atoms with Crippen LogP contribution < -0.4 is 5.73 Å². The van der Waals surface area contributed by atoms with Crippen LogP contribution in [0.4, 0.5) is 5.69 Å². The van der Waals surface area contributed by atoms with Crippen molar-refractivity contribution < 1.29 is 5.11 Å². The Balaban J connectivity index is 2.40. The highest BCUT2D eigenvalue weighted by Gasteiger charge is 2.34. The molecule has 2 nitrogen and oxygen atoms in total. The zero-order valence-corrected chi connectivity index (χ0v) is 8.72. The van der Waals surface area contributed by atoms with Crippen molar-refractivity contribution in [2.45, 2.75) is 31.3 Å². The molecule has 0 atom stereocenters. The minimum Gasteiger partial charge on any atom is -0.398 e. The highest BCUT2D eigenvalue weighted by molar-refractivity contribution is 6.30. The van der Waals surface area contributed by atoms with Gasteiger partial charge in [0.15, 0.2) is 0 Å². The average molecular weight is 212 g/mol. The zero-order valence-electron chi connectivity index (χ0n) is 7.96. The summed E-state index contributed by atoms with van der Waals surface area (Å²) in [6, 6.07) is 5.32. The SMILES string of the molecule is Nc1cc(Cl)ccc1C1(O)CCCC1. The molecule has 1 fully saturated rings. The van der Waals surface area contributed by atoms with Gasteiger partial charge < -0.3 is 10.8 Å². The highest BCUT2D eigenvalue weighted by Crippen LogP contribution is 2.41. The van der Waals surface area contributed by atoms with E-state index in [4.69, 9.17) is 17.3 Å². The van der Waals surface area contributed by atoms with Gasteiger partial charge in [-0.25, -0.2) is 0 Å². The standard InChI is InChI=1S/C11H14ClNO/c12-8-3-4-9(10(13)7-8)11(14)5-1-2-6-11/h3-4,7,14H,1-2,5-6,13H2. The Morgan fingerprint density at radius 3 is 2.50 bits per heavy atom. The van der Waals surface area contributed by atoms with Crippen LogP contribution in [0.3, 0.4) is 0 Å². The quantitative estimate of drug-likeness (QED) is 0.702. The van der Waals surface area contributed by atoms with Crippen molar-refractivity contribution in [2.75, 3.05) is 5.73 Å². The maximum absolute atomic E-state index is 10.3. The van der Waals surface area contributed by atoms with Crippen molar-refractivity contribution >= 4 is 17.3 Å². The summed E-state index contributed by atoms with van der Waals surface area (Å²) in [4.78, 5) is 0. The Morgan fingerprint density at radius 2 is 1.93 bits per heavy atom. The fourth-order valence-corrected chi connectivity index (χ4v) is 2.37. The molecule has 1 aliphatic carbocycles. The van der Waals surface area contributed by atoms with Crippen LogP contribution in [-0.4, -0.2) is 5.11 Å². The van der Waals surface area contributed by atoms with E-state index < -0.39 is 5.60 Å². The number of anilines is 1. The lowest BCUT2D eigenvalue weighted by atomic mass is 9.91. The molecule has 0 saturated heterocycles. The van der Waals surface area contributed by atoms with E-state index >= 15 is 0 Å². The lowest BCUT2D eigenvalue weighted by Crippen LogP contribution is -2.22. The van der Waals surface area contributed by atoms with Gasteiger partial charge in [0.2, 0.25) is 0 Å². The van der Waals surface area contributed by atoms with Gasteiger partial charge in [-0.2, -0.15) is 0 Å². The first-order valence-electron chi connectivity index (χ1n) is 4.90. The first kappa shape index (κ1) is 9.81. The fraction of sp³-hybridized carbons (Fsp3) is 0.455. The summed E-state index contributed by atoms with van der Waals surface area (Å²) in [5.74, 6) is 0. The fourth-order valence-electron chi connectivity index (χ4n) is 2.19. The van der Waals surface area contributed by atoms with E-state index in [1.807, 2.05) is 6.07 Å². The molecule has 0 unspecified atom stereocenters. The zero-order chi connectivity index (χ0) is 10.2. The molecular weight excluding hydrogens is 198 g/mol. The van der Waals surface area contributed by atoms with Crippen molar-refractivity contribution in [2.24, 2.45) is 0 Å². The summed E-state index contributed by atoms with van der Waals surface area (Å²) in [6.45, 7) is 0. The van der Waals surface area contributed by atoms with Crippen LogP contribution in [0.1, 0.15) is 31.2 Å². The predicted molar refractivity (Wildman–Crippen MR) is 58.2 cm³/mol. The normalized spacial score (nSPS) is 19.9. The van der Waals surface area contributed by atoms with Crippen molar-refractivity contribution in [3.63, 3.8) is 0 Å². The van der Waals surface area contributed by atoms with Gasteiger partial charge in [0, 0.05) is 16.3 Å². The van der Waals surface area contributed by atoms with E-state index in [9.17, 15) is 5.11 Å². The van der Waals surface area contributed by atoms with Gasteiger partial charge in [0.1, 0.15) is 0 Å². The molecule has 3 N–H and O–H groups in total. The van der Waals surface area contributed by atoms with Crippen LogP contribution >= 0.6 is 11.6 Å². The second-order valence-electron chi connectivity index (χ2n) is 3.97. The minimum atomic E-state index is -0.714. The van der Waals surface area contributed by atoms with E-state index in [-0.39, 0.29) is 0 Å². The number of hydrogen-bond donors (Lipinski definition) is 2. The Kier molecular flexibility index (Phi) is 2.41. The number of nitrogen functional groups attached to an aromatic ring is 1. The molecular formula is C11H14ClNO. The van der Waals surface area contributed by atoms with Crippen LogP contribution in [0, 0.1) is 0 Å². The van der Waals surface area contributed by atoms with Gasteiger partial charge in [0.05, 0.1) is 5.60 Å². The van der Waals surface area contributed by atoms with E-state index in [1.54, 1.807) is 12.1 Å². The van der Waals surface area contributed by atoms with Crippen LogP contribution in [0.5, 0.6) is 0 Å². The smallest absolute Gasteiger partial charge is 0.0916 e. The number of nitrogens with two attached hydrogens (primary N) is 1. The summed E-state index contributed by atoms with van der Waals surface area (Å²) in [5, 5.41) is 10.9. The summed E-state index contributed by atoms with van der Waals surface area (Å²) in [7, 11) is 0. The molecule has 1 aliphatic rings. The Bertz CT molecular complexity index is 345. The van der Waals surface area contributed by atoms with Crippen molar-refractivity contribution in [3.05, 3.63) is 28.8 Å². The van der Waals surface area contributed by atoms with Crippen LogP contribution in [0.25, 0.3) is 0 Å². The van der Waals surface area contributed by atoms with E-state index in [0.29, 0.717) is 10.7 Å². The number of aliphatic hydroxyl groups is 1. The lowest BCUT2D eigenvalue weighted by molar-refractivity contribution is 0.0452. The molecule has 2 rings (SSSR count). The highest BCUT2D eigenvalue weighted by atomic mass is 35.5. The molecule has 3 heteroatoms. The molecule has 76 valence electrons. The van der Waals surface area contributed by atoms with Gasteiger partial charge in [-0.3, -0.25) is 0 Å². The van der Waals surface area contributed by atoms with Crippen LogP contribution in [0.15, 0.2) is 18.2 Å². The third-order valence-electron chi connectivity index (χ3n) is 2.95. The molecule has 1 aromatic carbocycles. The number of rotatable bonds is 1. The van der Waals surface area contributed by atoms with Crippen molar-refractivity contribution in [1.29, 1.82) is 0 Å². The Labute approximate surface area is 88.7 Å². The van der Waals surface area contributed by atoms with Crippen LogP contribution in [-0.2, 0) is 5.60 Å². The van der Waals surface area contributed by atoms with Crippen molar-refractivity contribution in [1.82, 2.24) is 0 Å². The lowest BCUT2D eigenvalue weighted by Gasteiger charge is -2.24. The van der Waals surface area contributed by atoms with E-state index in [1.165, 1.54) is 0 Å². The topological polar surface area (TPSA) is 46.2 Å². The third-order valence-corrected chi connectivity index (χ3v) is 3.18. The third kappa shape index (κ3) is 1.60. The van der Waals surface area contributed by atoms with Gasteiger partial charge in [-0.1, -0.05) is 30.5 Å². The minimum absolute atomic E-state index is 0.599. The molecule has 1 saturated carbocycles. The second kappa shape index (κ2) is 3.44. The number of benzene rings is 1. The largest absolute Gasteiger partial charge is 0.398 e. The summed E-state index contributed by atoms with van der Waals surface area (Å²) in [6.07, 6.45) is 3.74. The number of halogens is 1. The summed E-state index contributed by atoms with van der Waals surface area (Å²) < 4.78 is 0. The Hall–Kier alpha value is -0.730. The first-order chi connectivity index (χ1) is 6.62. The maximum atomic E-state index is 10.3. The molecule has 0 heterocycles. The molecule has 1 aromatic rings. The predicted octanol–water partition coefficient (Wildman–Crippen LogP) is 2.68. The molecule has 0 spiro atoms. The molecule has 0 bridgehead atoms. The average Bonchev–Trinajstić information content (AvgIpc) is 2.52. The van der Waals surface area contributed by atoms with E-state index in [2.05, 4.69) is 0 Å². The van der Waals surface area contributed by atoms with E-state index in [0.717, 1.165) is 31.2 Å². The van der Waals surface area contributed by atoms with Gasteiger partial charge in [-0.15, -0.1) is 0 Å². The first-order valence-corrected chi connectivity index (χ1v) is 5.27. The number of hydrogen-bond acceptors (Lipinski definition) is 2. The van der Waals surface area contributed by atoms with Crippen LogP contribution in [0.2, 0.25) is 5.02 Å². The molecule has 0 radical (unpaired) electrons. The summed E-state index contributed by atoms with van der Waals surface area (Å²) in [5.41, 5.74) is 6.56. The monoisotopic (exact) mass is 211 g/mol.